The Morgan fingerprint density at radius 2 is 2.00 bits per heavy atom. The predicted octanol–water partition coefficient (Wildman–Crippen LogP) is 2.02. The predicted molar refractivity (Wildman–Crippen MR) is 73.1 cm³/mol. The number of carbonyl (C=O) groups is 1. The third-order valence-electron chi connectivity index (χ3n) is 3.55. The summed E-state index contributed by atoms with van der Waals surface area (Å²) in [6, 6.07) is 4.43. The normalized spacial score (nSPS) is 20.0. The molecule has 102 valence electrons. The number of hydrogen-bond acceptors (Lipinski definition) is 4. The van der Waals surface area contributed by atoms with Crippen LogP contribution in [0.2, 0.25) is 0 Å². The first-order valence-corrected chi connectivity index (χ1v) is 6.92. The van der Waals surface area contributed by atoms with Crippen LogP contribution in [-0.4, -0.2) is 30.1 Å². The molecule has 0 aromatic carbocycles. The van der Waals surface area contributed by atoms with Crippen molar-refractivity contribution in [3.63, 3.8) is 0 Å². The minimum Gasteiger partial charge on any atom is -0.381 e. The molecule has 5 heteroatoms. The van der Waals surface area contributed by atoms with Gasteiger partial charge in [0.1, 0.15) is 5.82 Å². The number of pyridine rings is 1. The van der Waals surface area contributed by atoms with Gasteiger partial charge in [-0.15, -0.1) is 0 Å². The van der Waals surface area contributed by atoms with Gasteiger partial charge < -0.3 is 15.4 Å². The fraction of sp³-hybridized carbons (Fsp3) is 0.571. The molecule has 5 nitrogen and oxygen atoms in total. The zero-order chi connectivity index (χ0) is 13.1. The van der Waals surface area contributed by atoms with Crippen molar-refractivity contribution in [3.8, 4) is 0 Å². The third-order valence-corrected chi connectivity index (χ3v) is 3.55. The summed E-state index contributed by atoms with van der Waals surface area (Å²) < 4.78 is 5.25. The highest BCUT2D eigenvalue weighted by Crippen LogP contribution is 2.24. The Balaban J connectivity index is 1.54. The van der Waals surface area contributed by atoms with Gasteiger partial charge in [-0.2, -0.15) is 0 Å². The van der Waals surface area contributed by atoms with Crippen LogP contribution in [0.5, 0.6) is 0 Å². The maximum atomic E-state index is 12.0. The summed E-state index contributed by atoms with van der Waals surface area (Å²) in [5, 5.41) is 6.24. The van der Waals surface area contributed by atoms with Crippen LogP contribution in [0.1, 0.15) is 25.7 Å². The van der Waals surface area contributed by atoms with Gasteiger partial charge in [0, 0.05) is 25.2 Å². The molecule has 2 N–H and O–H groups in total. The van der Waals surface area contributed by atoms with Crippen molar-refractivity contribution in [2.75, 3.05) is 23.8 Å². The number of rotatable bonds is 4. The minimum atomic E-state index is 0.0544. The number of anilines is 2. The van der Waals surface area contributed by atoms with Gasteiger partial charge in [0.25, 0.3) is 0 Å². The molecule has 1 aliphatic carbocycles. The molecule has 1 aliphatic heterocycles. The highest BCUT2D eigenvalue weighted by atomic mass is 16.5. The number of aromatic nitrogens is 1. The standard InChI is InChI=1S/C14H19N3O2/c18-14(10-5-7-19-8-6-10)17-13-4-3-12(9-15-13)16-11-1-2-11/h3-4,9-11,16H,1-2,5-8H2,(H,15,17,18). The summed E-state index contributed by atoms with van der Waals surface area (Å²) in [5.74, 6) is 0.733. The van der Waals surface area contributed by atoms with E-state index < -0.39 is 0 Å². The van der Waals surface area contributed by atoms with E-state index in [2.05, 4.69) is 15.6 Å². The summed E-state index contributed by atoms with van der Waals surface area (Å²) in [5.41, 5.74) is 1.02. The lowest BCUT2D eigenvalue weighted by atomic mass is 9.99. The van der Waals surface area contributed by atoms with Crippen LogP contribution in [0.4, 0.5) is 11.5 Å². The van der Waals surface area contributed by atoms with Gasteiger partial charge in [-0.3, -0.25) is 4.79 Å². The highest BCUT2D eigenvalue weighted by molar-refractivity contribution is 5.91. The Morgan fingerprint density at radius 1 is 1.21 bits per heavy atom. The molecule has 1 saturated carbocycles. The molecule has 1 aromatic heterocycles. The fourth-order valence-corrected chi connectivity index (χ4v) is 2.20. The molecular formula is C14H19N3O2. The monoisotopic (exact) mass is 261 g/mol. The summed E-state index contributed by atoms with van der Waals surface area (Å²) >= 11 is 0. The number of nitrogens with zero attached hydrogens (tertiary/aromatic N) is 1. The van der Waals surface area contributed by atoms with Crippen LogP contribution in [-0.2, 0) is 9.53 Å². The SMILES string of the molecule is O=C(Nc1ccc(NC2CC2)cn1)C1CCOCC1. The van der Waals surface area contributed by atoms with Crippen molar-refractivity contribution < 1.29 is 9.53 Å². The van der Waals surface area contributed by atoms with Crippen molar-refractivity contribution in [2.45, 2.75) is 31.7 Å². The lowest BCUT2D eigenvalue weighted by Gasteiger charge is -2.20. The Bertz CT molecular complexity index is 437. The number of nitrogens with one attached hydrogen (secondary N) is 2. The summed E-state index contributed by atoms with van der Waals surface area (Å²) in [4.78, 5) is 16.3. The Hall–Kier alpha value is -1.62. The van der Waals surface area contributed by atoms with Gasteiger partial charge in [-0.25, -0.2) is 4.98 Å². The van der Waals surface area contributed by atoms with Crippen molar-refractivity contribution >= 4 is 17.4 Å². The molecule has 1 amide bonds. The number of amides is 1. The van der Waals surface area contributed by atoms with Gasteiger partial charge in [0.2, 0.25) is 5.91 Å². The Kier molecular flexibility index (Phi) is 3.64. The summed E-state index contributed by atoms with van der Waals surface area (Å²) in [6.45, 7) is 1.35. The van der Waals surface area contributed by atoms with Gasteiger partial charge in [-0.05, 0) is 37.8 Å². The first-order chi connectivity index (χ1) is 9.31. The minimum absolute atomic E-state index is 0.0544. The maximum absolute atomic E-state index is 12.0. The molecule has 0 radical (unpaired) electrons. The molecule has 0 atom stereocenters. The van der Waals surface area contributed by atoms with E-state index in [0.29, 0.717) is 25.1 Å². The lowest BCUT2D eigenvalue weighted by Crippen LogP contribution is -2.28. The van der Waals surface area contributed by atoms with Crippen LogP contribution < -0.4 is 10.6 Å². The second-order valence-corrected chi connectivity index (χ2v) is 5.23. The third kappa shape index (κ3) is 3.44. The summed E-state index contributed by atoms with van der Waals surface area (Å²) in [6.07, 6.45) is 5.85. The van der Waals surface area contributed by atoms with E-state index in [4.69, 9.17) is 4.74 Å². The van der Waals surface area contributed by atoms with Gasteiger partial charge in [0.15, 0.2) is 0 Å². The molecule has 0 spiro atoms. The quantitative estimate of drug-likeness (QED) is 0.870. The molecule has 0 unspecified atom stereocenters. The van der Waals surface area contributed by atoms with E-state index in [1.165, 1.54) is 12.8 Å². The number of ether oxygens (including phenoxy) is 1. The van der Waals surface area contributed by atoms with Crippen LogP contribution >= 0.6 is 0 Å². The van der Waals surface area contributed by atoms with Crippen LogP contribution in [0.15, 0.2) is 18.3 Å². The fourth-order valence-electron chi connectivity index (χ4n) is 2.20. The largest absolute Gasteiger partial charge is 0.381 e. The molecule has 2 fully saturated rings. The van der Waals surface area contributed by atoms with Crippen LogP contribution in [0, 0.1) is 5.92 Å². The Labute approximate surface area is 112 Å². The van der Waals surface area contributed by atoms with E-state index in [0.717, 1.165) is 18.5 Å². The van der Waals surface area contributed by atoms with E-state index in [1.807, 2.05) is 12.1 Å². The summed E-state index contributed by atoms with van der Waals surface area (Å²) in [7, 11) is 0. The zero-order valence-electron chi connectivity index (χ0n) is 10.9. The van der Waals surface area contributed by atoms with E-state index in [9.17, 15) is 4.79 Å². The molecule has 1 aromatic rings. The first-order valence-electron chi connectivity index (χ1n) is 6.92. The lowest BCUT2D eigenvalue weighted by molar-refractivity contribution is -0.122. The van der Waals surface area contributed by atoms with Crippen LogP contribution in [0.3, 0.4) is 0 Å². The second-order valence-electron chi connectivity index (χ2n) is 5.23. The van der Waals surface area contributed by atoms with Gasteiger partial charge in [0.05, 0.1) is 11.9 Å². The van der Waals surface area contributed by atoms with Crippen molar-refractivity contribution in [1.82, 2.24) is 4.98 Å². The van der Waals surface area contributed by atoms with Crippen LogP contribution in [0.25, 0.3) is 0 Å². The molecular weight excluding hydrogens is 242 g/mol. The van der Waals surface area contributed by atoms with E-state index in [-0.39, 0.29) is 11.8 Å². The smallest absolute Gasteiger partial charge is 0.228 e. The molecule has 19 heavy (non-hydrogen) atoms. The van der Waals surface area contributed by atoms with Crippen molar-refractivity contribution in [1.29, 1.82) is 0 Å². The topological polar surface area (TPSA) is 63.2 Å². The van der Waals surface area contributed by atoms with E-state index in [1.54, 1.807) is 6.20 Å². The van der Waals surface area contributed by atoms with E-state index >= 15 is 0 Å². The van der Waals surface area contributed by atoms with Gasteiger partial charge in [-0.1, -0.05) is 0 Å². The maximum Gasteiger partial charge on any atom is 0.228 e. The molecule has 3 rings (SSSR count). The molecule has 2 aliphatic rings. The molecule has 2 heterocycles. The van der Waals surface area contributed by atoms with Gasteiger partial charge >= 0.3 is 0 Å². The average Bonchev–Trinajstić information content (AvgIpc) is 3.26. The molecule has 1 saturated heterocycles. The molecule has 0 bridgehead atoms. The van der Waals surface area contributed by atoms with Crippen molar-refractivity contribution in [3.05, 3.63) is 18.3 Å². The Morgan fingerprint density at radius 3 is 2.63 bits per heavy atom. The second kappa shape index (κ2) is 5.57. The highest BCUT2D eigenvalue weighted by Gasteiger charge is 2.22. The number of carbonyl (C=O) groups excluding carboxylic acids is 1. The average molecular weight is 261 g/mol. The number of hydrogen-bond donors (Lipinski definition) is 2. The first kappa shape index (κ1) is 12.4. The zero-order valence-corrected chi connectivity index (χ0v) is 10.9. The van der Waals surface area contributed by atoms with Crippen molar-refractivity contribution in [2.24, 2.45) is 5.92 Å².